The zero-order valence-electron chi connectivity index (χ0n) is 21.5. The highest BCUT2D eigenvalue weighted by atomic mass is 35.5. The summed E-state index contributed by atoms with van der Waals surface area (Å²) in [6.07, 6.45) is 2.36. The minimum absolute atomic E-state index is 0.00840. The largest absolute Gasteiger partial charge is 0.352 e. The van der Waals surface area contributed by atoms with Crippen molar-refractivity contribution in [3.8, 4) is 0 Å². The molecule has 0 spiro atoms. The Morgan fingerprint density at radius 3 is 2.24 bits per heavy atom. The number of anilines is 1. The van der Waals surface area contributed by atoms with Gasteiger partial charge in [-0.25, -0.2) is 12.8 Å². The second kappa shape index (κ2) is 14.0. The predicted molar refractivity (Wildman–Crippen MR) is 147 cm³/mol. The van der Waals surface area contributed by atoms with E-state index in [9.17, 15) is 22.4 Å². The molecule has 2 aromatic rings. The minimum Gasteiger partial charge on any atom is -0.352 e. The molecule has 0 heterocycles. The molecule has 37 heavy (non-hydrogen) atoms. The predicted octanol–water partition coefficient (Wildman–Crippen LogP) is 5.40. The van der Waals surface area contributed by atoms with Gasteiger partial charge in [-0.15, -0.1) is 0 Å². The number of rotatable bonds is 13. The van der Waals surface area contributed by atoms with E-state index in [1.807, 2.05) is 20.8 Å². The topological polar surface area (TPSA) is 86.8 Å². The van der Waals surface area contributed by atoms with Gasteiger partial charge in [0, 0.05) is 35.6 Å². The van der Waals surface area contributed by atoms with Crippen molar-refractivity contribution in [3.05, 3.63) is 63.9 Å². The molecule has 2 aromatic carbocycles. The summed E-state index contributed by atoms with van der Waals surface area (Å²) in [5, 5.41) is 3.77. The summed E-state index contributed by atoms with van der Waals surface area (Å²) in [6.45, 7) is 5.78. The van der Waals surface area contributed by atoms with Crippen LogP contribution in [-0.4, -0.2) is 50.0 Å². The lowest BCUT2D eigenvalue weighted by Crippen LogP contribution is -2.50. The van der Waals surface area contributed by atoms with Gasteiger partial charge in [0.1, 0.15) is 11.9 Å². The van der Waals surface area contributed by atoms with Gasteiger partial charge in [0.2, 0.25) is 21.8 Å². The third-order valence-corrected chi connectivity index (χ3v) is 7.79. The number of hydrogen-bond acceptors (Lipinski definition) is 4. The number of hydrogen-bond donors (Lipinski definition) is 1. The fourth-order valence-corrected chi connectivity index (χ4v) is 5.24. The molecular formula is C26H34Cl2FN3O4S. The number of sulfonamides is 1. The Kier molecular flexibility index (Phi) is 11.7. The summed E-state index contributed by atoms with van der Waals surface area (Å²) in [5.41, 5.74) is 0.943. The van der Waals surface area contributed by atoms with Crippen LogP contribution in [0, 0.1) is 5.82 Å². The first kappa shape index (κ1) is 30.9. The average Bonchev–Trinajstić information content (AvgIpc) is 2.82. The van der Waals surface area contributed by atoms with E-state index in [-0.39, 0.29) is 43.8 Å². The number of carbonyl (C=O) groups excluding carboxylic acids is 2. The van der Waals surface area contributed by atoms with Crippen LogP contribution in [0.2, 0.25) is 10.0 Å². The van der Waals surface area contributed by atoms with Crippen LogP contribution in [-0.2, 0) is 26.2 Å². The summed E-state index contributed by atoms with van der Waals surface area (Å²) in [4.78, 5) is 28.0. The molecule has 0 unspecified atom stereocenters. The van der Waals surface area contributed by atoms with E-state index in [1.54, 1.807) is 18.2 Å². The van der Waals surface area contributed by atoms with Gasteiger partial charge in [-0.2, -0.15) is 0 Å². The zero-order chi connectivity index (χ0) is 27.8. The summed E-state index contributed by atoms with van der Waals surface area (Å²) >= 11 is 12.4. The molecule has 0 saturated heterocycles. The highest BCUT2D eigenvalue weighted by Gasteiger charge is 2.30. The molecule has 2 rings (SSSR count). The monoisotopic (exact) mass is 573 g/mol. The Hall–Kier alpha value is -2.36. The Labute approximate surface area is 229 Å². The third-order valence-electron chi connectivity index (χ3n) is 6.01. The quantitative estimate of drug-likeness (QED) is 0.347. The Bertz CT molecular complexity index is 1180. The van der Waals surface area contributed by atoms with Crippen LogP contribution < -0.4 is 9.62 Å². The van der Waals surface area contributed by atoms with Crippen molar-refractivity contribution in [3.63, 3.8) is 0 Å². The van der Waals surface area contributed by atoms with E-state index < -0.39 is 21.9 Å². The summed E-state index contributed by atoms with van der Waals surface area (Å²) in [7, 11) is -3.67. The Morgan fingerprint density at radius 2 is 1.70 bits per heavy atom. The third kappa shape index (κ3) is 9.16. The summed E-state index contributed by atoms with van der Waals surface area (Å²) in [6, 6.07) is 9.26. The lowest BCUT2D eigenvalue weighted by Gasteiger charge is -2.32. The molecular weight excluding hydrogens is 540 g/mol. The molecule has 2 amide bonds. The average molecular weight is 575 g/mol. The van der Waals surface area contributed by atoms with Crippen molar-refractivity contribution in [2.75, 3.05) is 17.1 Å². The van der Waals surface area contributed by atoms with Crippen molar-refractivity contribution in [2.24, 2.45) is 0 Å². The van der Waals surface area contributed by atoms with Crippen molar-refractivity contribution >= 4 is 50.7 Å². The Balaban J connectivity index is 2.25. The van der Waals surface area contributed by atoms with Gasteiger partial charge < -0.3 is 10.2 Å². The van der Waals surface area contributed by atoms with E-state index in [4.69, 9.17) is 23.2 Å². The first-order valence-electron chi connectivity index (χ1n) is 12.1. The van der Waals surface area contributed by atoms with Crippen LogP contribution in [0.3, 0.4) is 0 Å². The molecule has 0 aliphatic heterocycles. The maximum atomic E-state index is 13.5. The highest BCUT2D eigenvalue weighted by molar-refractivity contribution is 7.92. The summed E-state index contributed by atoms with van der Waals surface area (Å²) in [5.74, 6) is -1.06. The fourth-order valence-electron chi connectivity index (χ4n) is 3.81. The number of amides is 2. The number of nitrogens with one attached hydrogen (secondary N) is 1. The smallest absolute Gasteiger partial charge is 0.243 e. The molecule has 2 atom stereocenters. The zero-order valence-corrected chi connectivity index (χ0v) is 23.8. The van der Waals surface area contributed by atoms with Gasteiger partial charge in [-0.3, -0.25) is 13.9 Å². The van der Waals surface area contributed by atoms with Crippen molar-refractivity contribution < 1.29 is 22.4 Å². The molecule has 1 N–H and O–H groups in total. The SMILES string of the molecule is CC[C@H](C(=O)N[C@@H](C)CC)N(Cc1ccc(Cl)cc1Cl)C(=O)CCCN(c1ccc(F)cc1)S(C)(=O)=O. The first-order valence-corrected chi connectivity index (χ1v) is 14.7. The van der Waals surface area contributed by atoms with Crippen LogP contribution in [0.4, 0.5) is 10.1 Å². The highest BCUT2D eigenvalue weighted by Crippen LogP contribution is 2.25. The molecule has 0 aliphatic carbocycles. The molecule has 11 heteroatoms. The van der Waals surface area contributed by atoms with Crippen molar-refractivity contribution in [1.29, 1.82) is 0 Å². The van der Waals surface area contributed by atoms with Crippen LogP contribution in [0.5, 0.6) is 0 Å². The maximum absolute atomic E-state index is 13.5. The molecule has 0 saturated carbocycles. The maximum Gasteiger partial charge on any atom is 0.243 e. The number of carbonyl (C=O) groups is 2. The number of halogens is 3. The van der Waals surface area contributed by atoms with E-state index in [1.165, 1.54) is 29.2 Å². The van der Waals surface area contributed by atoms with E-state index in [0.717, 1.165) is 17.0 Å². The first-order chi connectivity index (χ1) is 17.4. The molecule has 0 aliphatic rings. The van der Waals surface area contributed by atoms with Crippen LogP contribution in [0.15, 0.2) is 42.5 Å². The molecule has 0 bridgehead atoms. The van der Waals surface area contributed by atoms with Crippen molar-refractivity contribution in [2.45, 2.75) is 65.1 Å². The van der Waals surface area contributed by atoms with Gasteiger partial charge in [0.25, 0.3) is 0 Å². The molecule has 0 fully saturated rings. The van der Waals surface area contributed by atoms with Crippen molar-refractivity contribution in [1.82, 2.24) is 10.2 Å². The van der Waals surface area contributed by atoms with E-state index >= 15 is 0 Å². The van der Waals surface area contributed by atoms with Gasteiger partial charge >= 0.3 is 0 Å². The van der Waals surface area contributed by atoms with Gasteiger partial charge in [0.15, 0.2) is 0 Å². The van der Waals surface area contributed by atoms with Crippen LogP contribution >= 0.6 is 23.2 Å². The molecule has 7 nitrogen and oxygen atoms in total. The fraction of sp³-hybridized carbons (Fsp3) is 0.462. The lowest BCUT2D eigenvalue weighted by molar-refractivity contribution is -0.141. The minimum atomic E-state index is -3.67. The molecule has 0 aromatic heterocycles. The number of nitrogens with zero attached hydrogens (tertiary/aromatic N) is 2. The Morgan fingerprint density at radius 1 is 1.05 bits per heavy atom. The molecule has 204 valence electrons. The summed E-state index contributed by atoms with van der Waals surface area (Å²) < 4.78 is 39.2. The lowest BCUT2D eigenvalue weighted by atomic mass is 10.1. The second-order valence-electron chi connectivity index (χ2n) is 8.91. The van der Waals surface area contributed by atoms with Gasteiger partial charge in [-0.05, 0) is 68.1 Å². The van der Waals surface area contributed by atoms with E-state index in [2.05, 4.69) is 5.32 Å². The van der Waals surface area contributed by atoms with Crippen LogP contribution in [0.25, 0.3) is 0 Å². The van der Waals surface area contributed by atoms with Gasteiger partial charge in [-0.1, -0.05) is 43.1 Å². The van der Waals surface area contributed by atoms with E-state index in [0.29, 0.717) is 27.7 Å². The normalized spacial score (nSPS) is 13.1. The standard InChI is InChI=1S/C26H34Cl2FN3O4S/c1-5-18(3)30-26(34)24(6-2)31(17-19-9-10-20(27)16-23(19)28)25(33)8-7-15-32(37(4,35)36)22-13-11-21(29)12-14-22/h9-14,16,18,24H,5-8,15,17H2,1-4H3,(H,30,34)/t18-,24+/m0/s1. The number of benzene rings is 2. The second-order valence-corrected chi connectivity index (χ2v) is 11.7. The molecule has 0 radical (unpaired) electrons. The van der Waals surface area contributed by atoms with Gasteiger partial charge in [0.05, 0.1) is 11.9 Å². The van der Waals surface area contributed by atoms with Crippen LogP contribution in [0.1, 0.15) is 52.0 Å².